The second-order valence-electron chi connectivity index (χ2n) is 8.02. The normalized spacial score (nSPS) is 26.1. The molecule has 1 atom stereocenters. The number of carbonyl (C=O) groups excluding carboxylic acids is 1. The number of hydrogen-bond acceptors (Lipinski definition) is 1. The van der Waals surface area contributed by atoms with Crippen molar-refractivity contribution in [3.8, 4) is 0 Å². The van der Waals surface area contributed by atoms with E-state index in [1.54, 1.807) is 0 Å². The van der Waals surface area contributed by atoms with E-state index in [2.05, 4.69) is 19.1 Å². The number of carbonyl (C=O) groups is 1. The Morgan fingerprint density at radius 2 is 1.70 bits per heavy atom. The molecule has 0 heterocycles. The number of unbranched alkanes of at least 4 members (excludes halogenated alkanes) is 4. The van der Waals surface area contributed by atoms with Gasteiger partial charge in [-0.1, -0.05) is 76.9 Å². The molecule has 0 aromatic rings. The lowest BCUT2D eigenvalue weighted by atomic mass is 9.66. The summed E-state index contributed by atoms with van der Waals surface area (Å²) in [7, 11) is 0. The molecule has 0 aliphatic heterocycles. The van der Waals surface area contributed by atoms with Crippen LogP contribution in [0.3, 0.4) is 0 Å². The predicted molar refractivity (Wildman–Crippen MR) is 99.6 cm³/mol. The summed E-state index contributed by atoms with van der Waals surface area (Å²) in [6.07, 6.45) is 25.1. The minimum Gasteiger partial charge on any atom is -0.299 e. The lowest BCUT2D eigenvalue weighted by Gasteiger charge is -2.37. The van der Waals surface area contributed by atoms with Crippen LogP contribution >= 0.6 is 0 Å². The first-order chi connectivity index (χ1) is 11.3. The summed E-state index contributed by atoms with van der Waals surface area (Å²) in [5.74, 6) is 0.912. The Balaban J connectivity index is 2.04. The maximum absolute atomic E-state index is 12.8. The van der Waals surface area contributed by atoms with Crippen LogP contribution in [0.25, 0.3) is 0 Å². The first kappa shape index (κ1) is 18.7. The van der Waals surface area contributed by atoms with Gasteiger partial charge in [0.2, 0.25) is 0 Å². The molecule has 1 unspecified atom stereocenters. The summed E-state index contributed by atoms with van der Waals surface area (Å²) >= 11 is 0. The maximum Gasteiger partial charge on any atom is 0.136 e. The fourth-order valence-corrected chi connectivity index (χ4v) is 4.79. The maximum atomic E-state index is 12.8. The molecular formula is C22H38O. The van der Waals surface area contributed by atoms with Crippen molar-refractivity contribution in [3.63, 3.8) is 0 Å². The van der Waals surface area contributed by atoms with E-state index in [0.717, 1.165) is 19.3 Å². The Labute approximate surface area is 144 Å². The molecule has 2 fully saturated rings. The van der Waals surface area contributed by atoms with Crippen molar-refractivity contribution in [2.45, 2.75) is 110 Å². The third kappa shape index (κ3) is 5.76. The minimum absolute atomic E-state index is 0.211. The molecule has 0 spiro atoms. The zero-order chi connectivity index (χ0) is 16.4. The zero-order valence-electron chi connectivity index (χ0n) is 15.5. The largest absolute Gasteiger partial charge is 0.299 e. The van der Waals surface area contributed by atoms with Gasteiger partial charge < -0.3 is 0 Å². The minimum atomic E-state index is 0.211. The summed E-state index contributed by atoms with van der Waals surface area (Å²) in [6, 6.07) is 0. The molecule has 0 aromatic heterocycles. The molecule has 0 bridgehead atoms. The lowest BCUT2D eigenvalue weighted by Crippen LogP contribution is -2.33. The van der Waals surface area contributed by atoms with Crippen LogP contribution < -0.4 is 0 Å². The van der Waals surface area contributed by atoms with Crippen LogP contribution in [0.2, 0.25) is 0 Å². The molecule has 1 nitrogen and oxygen atoms in total. The Morgan fingerprint density at radius 3 is 2.43 bits per heavy atom. The van der Waals surface area contributed by atoms with Gasteiger partial charge in [0, 0.05) is 12.3 Å². The smallest absolute Gasteiger partial charge is 0.136 e. The van der Waals surface area contributed by atoms with Gasteiger partial charge in [-0.3, -0.25) is 4.79 Å². The Morgan fingerprint density at radius 1 is 0.957 bits per heavy atom. The van der Waals surface area contributed by atoms with E-state index in [0.29, 0.717) is 11.7 Å². The van der Waals surface area contributed by atoms with Gasteiger partial charge in [0.25, 0.3) is 0 Å². The number of Topliss-reactive ketones (excluding diaryl/α,β-unsaturated/α-hetero) is 1. The highest BCUT2D eigenvalue weighted by molar-refractivity contribution is 5.82. The van der Waals surface area contributed by atoms with Gasteiger partial charge in [-0.25, -0.2) is 0 Å². The van der Waals surface area contributed by atoms with Gasteiger partial charge in [0.1, 0.15) is 5.78 Å². The van der Waals surface area contributed by atoms with Crippen LogP contribution in [-0.4, -0.2) is 5.78 Å². The van der Waals surface area contributed by atoms with Crippen LogP contribution in [0.4, 0.5) is 0 Å². The number of rotatable bonds is 7. The van der Waals surface area contributed by atoms with Gasteiger partial charge in [0.05, 0.1) is 0 Å². The average Bonchev–Trinajstić information content (AvgIpc) is 2.92. The molecular weight excluding hydrogens is 280 g/mol. The topological polar surface area (TPSA) is 17.1 Å². The average molecular weight is 319 g/mol. The number of hydrogen-bond donors (Lipinski definition) is 0. The van der Waals surface area contributed by atoms with Crippen LogP contribution in [-0.2, 0) is 4.79 Å². The van der Waals surface area contributed by atoms with Crippen LogP contribution in [0, 0.1) is 11.3 Å². The molecule has 2 rings (SSSR count). The predicted octanol–water partition coefficient (Wildman–Crippen LogP) is 7.00. The monoisotopic (exact) mass is 318 g/mol. The van der Waals surface area contributed by atoms with Crippen molar-refractivity contribution in [2.24, 2.45) is 11.3 Å². The molecule has 0 amide bonds. The van der Waals surface area contributed by atoms with E-state index >= 15 is 0 Å². The van der Waals surface area contributed by atoms with E-state index in [4.69, 9.17) is 0 Å². The quantitative estimate of drug-likeness (QED) is 0.280. The van der Waals surface area contributed by atoms with Crippen molar-refractivity contribution < 1.29 is 4.79 Å². The van der Waals surface area contributed by atoms with Gasteiger partial charge in [-0.05, 0) is 43.9 Å². The molecule has 2 aliphatic rings. The van der Waals surface area contributed by atoms with E-state index < -0.39 is 0 Å². The second-order valence-corrected chi connectivity index (χ2v) is 8.02. The number of ketones is 1. The number of allylic oxidation sites excluding steroid dienone is 2. The van der Waals surface area contributed by atoms with E-state index in [9.17, 15) is 4.79 Å². The first-order valence-electron chi connectivity index (χ1n) is 10.5. The SMILES string of the molecule is CCCCCCC=CC1(C2CCCCCC2=O)CCCCCC1. The van der Waals surface area contributed by atoms with Crippen LogP contribution in [0.15, 0.2) is 12.2 Å². The fraction of sp³-hybridized carbons (Fsp3) is 0.864. The van der Waals surface area contributed by atoms with Gasteiger partial charge in [0.15, 0.2) is 0 Å². The zero-order valence-corrected chi connectivity index (χ0v) is 15.5. The molecule has 0 saturated heterocycles. The third-order valence-corrected chi connectivity index (χ3v) is 6.21. The van der Waals surface area contributed by atoms with Crippen LogP contribution in [0.1, 0.15) is 110 Å². The van der Waals surface area contributed by atoms with Gasteiger partial charge in [-0.15, -0.1) is 0 Å². The van der Waals surface area contributed by atoms with Crippen molar-refractivity contribution >= 4 is 5.78 Å². The lowest BCUT2D eigenvalue weighted by molar-refractivity contribution is -0.126. The fourth-order valence-electron chi connectivity index (χ4n) is 4.79. The van der Waals surface area contributed by atoms with Crippen molar-refractivity contribution in [1.29, 1.82) is 0 Å². The Bertz CT molecular complexity index is 360. The summed E-state index contributed by atoms with van der Waals surface area (Å²) in [5.41, 5.74) is 0.211. The van der Waals surface area contributed by atoms with Crippen molar-refractivity contribution in [2.75, 3.05) is 0 Å². The Hall–Kier alpha value is -0.590. The summed E-state index contributed by atoms with van der Waals surface area (Å²) in [6.45, 7) is 2.27. The van der Waals surface area contributed by atoms with Gasteiger partial charge in [-0.2, -0.15) is 0 Å². The second kappa shape index (κ2) is 10.3. The highest BCUT2D eigenvalue weighted by atomic mass is 16.1. The van der Waals surface area contributed by atoms with E-state index in [1.807, 2.05) is 0 Å². The summed E-state index contributed by atoms with van der Waals surface area (Å²) in [4.78, 5) is 12.8. The molecule has 23 heavy (non-hydrogen) atoms. The van der Waals surface area contributed by atoms with Gasteiger partial charge >= 0.3 is 0 Å². The molecule has 2 aliphatic carbocycles. The van der Waals surface area contributed by atoms with Crippen molar-refractivity contribution in [1.82, 2.24) is 0 Å². The molecule has 0 N–H and O–H groups in total. The van der Waals surface area contributed by atoms with Crippen LogP contribution in [0.5, 0.6) is 0 Å². The standard InChI is InChI=1S/C22H38O/c1-2-3-4-5-6-12-17-22(18-13-7-8-14-19-22)20-15-10-9-11-16-21(20)23/h12,17,20H,2-11,13-16,18-19H2,1H3. The summed E-state index contributed by atoms with van der Waals surface area (Å²) < 4.78 is 0. The third-order valence-electron chi connectivity index (χ3n) is 6.21. The van der Waals surface area contributed by atoms with E-state index in [-0.39, 0.29) is 5.41 Å². The molecule has 2 saturated carbocycles. The van der Waals surface area contributed by atoms with Crippen molar-refractivity contribution in [3.05, 3.63) is 12.2 Å². The molecule has 132 valence electrons. The highest BCUT2D eigenvalue weighted by Gasteiger charge is 2.40. The molecule has 0 radical (unpaired) electrons. The first-order valence-corrected chi connectivity index (χ1v) is 10.5. The van der Waals surface area contributed by atoms with E-state index in [1.165, 1.54) is 83.5 Å². The molecule has 0 aromatic carbocycles. The highest BCUT2D eigenvalue weighted by Crippen LogP contribution is 2.47. The Kier molecular flexibility index (Phi) is 8.40. The summed E-state index contributed by atoms with van der Waals surface area (Å²) in [5, 5.41) is 0. The molecule has 1 heteroatoms.